The Morgan fingerprint density at radius 2 is 2.05 bits per heavy atom. The van der Waals surface area contributed by atoms with Crippen LogP contribution in [-0.2, 0) is 0 Å². The summed E-state index contributed by atoms with van der Waals surface area (Å²) in [5.41, 5.74) is 4.57. The molecule has 1 amide bonds. The van der Waals surface area contributed by atoms with Gasteiger partial charge < -0.3 is 11.1 Å². The first kappa shape index (κ1) is 15.8. The predicted octanol–water partition coefficient (Wildman–Crippen LogP) is 2.81. The predicted molar refractivity (Wildman–Crippen MR) is 75.3 cm³/mol. The Balaban J connectivity index is 2.46. The second kappa shape index (κ2) is 7.99. The fraction of sp³-hybridized carbons (Fsp3) is 0.462. The lowest BCUT2D eigenvalue weighted by Crippen LogP contribution is -2.26. The van der Waals surface area contributed by atoms with Crippen LogP contribution in [-0.4, -0.2) is 24.5 Å². The van der Waals surface area contributed by atoms with Crippen molar-refractivity contribution in [1.82, 2.24) is 5.32 Å². The van der Waals surface area contributed by atoms with Gasteiger partial charge in [-0.25, -0.2) is 8.78 Å². The molecule has 3 N–H and O–H groups in total. The molecule has 0 fully saturated rings. The Labute approximate surface area is 115 Å². The van der Waals surface area contributed by atoms with E-state index >= 15 is 0 Å². The molecule has 0 spiro atoms. The largest absolute Gasteiger partial charge is 0.396 e. The number of thioether (sulfide) groups is 1. The normalized spacial score (nSPS) is 10.5. The van der Waals surface area contributed by atoms with Crippen LogP contribution in [0.3, 0.4) is 0 Å². The number of rotatable bonds is 7. The summed E-state index contributed by atoms with van der Waals surface area (Å²) in [7, 11) is 0. The smallest absolute Gasteiger partial charge is 0.254 e. The molecule has 3 nitrogen and oxygen atoms in total. The molecule has 19 heavy (non-hydrogen) atoms. The van der Waals surface area contributed by atoms with E-state index in [2.05, 4.69) is 5.32 Å². The van der Waals surface area contributed by atoms with Crippen molar-refractivity contribution in [3.63, 3.8) is 0 Å². The van der Waals surface area contributed by atoms with Crippen molar-refractivity contribution in [2.75, 3.05) is 24.3 Å². The monoisotopic (exact) mass is 288 g/mol. The van der Waals surface area contributed by atoms with E-state index in [1.807, 2.05) is 6.26 Å². The van der Waals surface area contributed by atoms with E-state index in [1.54, 1.807) is 11.8 Å². The number of unbranched alkanes of at least 4 members (excludes halogenated alkanes) is 2. The highest BCUT2D eigenvalue weighted by molar-refractivity contribution is 7.98. The fourth-order valence-electron chi connectivity index (χ4n) is 1.62. The van der Waals surface area contributed by atoms with E-state index in [-0.39, 0.29) is 11.3 Å². The van der Waals surface area contributed by atoms with Crippen LogP contribution in [0.4, 0.5) is 14.5 Å². The van der Waals surface area contributed by atoms with E-state index in [9.17, 15) is 13.6 Å². The standard InChI is InChI=1S/C13H18F2N2OS/c1-19-6-4-2-3-5-17-13(18)10-7-9(14)8-11(16)12(10)15/h7-8H,2-6,16H2,1H3,(H,17,18). The number of hydrogen-bond acceptors (Lipinski definition) is 3. The van der Waals surface area contributed by atoms with Gasteiger partial charge in [-0.3, -0.25) is 4.79 Å². The Morgan fingerprint density at radius 3 is 2.74 bits per heavy atom. The second-order valence-electron chi connectivity index (χ2n) is 4.17. The number of nitrogens with two attached hydrogens (primary N) is 1. The van der Waals surface area contributed by atoms with Crippen molar-refractivity contribution in [1.29, 1.82) is 0 Å². The summed E-state index contributed by atoms with van der Waals surface area (Å²) in [6.45, 7) is 0.447. The minimum absolute atomic E-state index is 0.346. The number of carbonyl (C=O) groups excluding carboxylic acids is 1. The van der Waals surface area contributed by atoms with Crippen molar-refractivity contribution < 1.29 is 13.6 Å². The van der Waals surface area contributed by atoms with Gasteiger partial charge in [0.2, 0.25) is 0 Å². The van der Waals surface area contributed by atoms with Crippen LogP contribution >= 0.6 is 11.8 Å². The molecule has 6 heteroatoms. The van der Waals surface area contributed by atoms with Crippen LogP contribution in [0.2, 0.25) is 0 Å². The number of nitrogens with one attached hydrogen (secondary N) is 1. The Morgan fingerprint density at radius 1 is 1.32 bits per heavy atom. The minimum Gasteiger partial charge on any atom is -0.396 e. The molecule has 106 valence electrons. The molecule has 0 radical (unpaired) electrons. The van der Waals surface area contributed by atoms with E-state index in [4.69, 9.17) is 5.73 Å². The summed E-state index contributed by atoms with van der Waals surface area (Å²) < 4.78 is 26.6. The molecule has 0 aliphatic heterocycles. The molecule has 0 aliphatic rings. The van der Waals surface area contributed by atoms with Gasteiger partial charge >= 0.3 is 0 Å². The van der Waals surface area contributed by atoms with Crippen LogP contribution in [0.15, 0.2) is 12.1 Å². The van der Waals surface area contributed by atoms with Crippen molar-refractivity contribution >= 4 is 23.4 Å². The highest BCUT2D eigenvalue weighted by Crippen LogP contribution is 2.17. The maximum Gasteiger partial charge on any atom is 0.254 e. The summed E-state index contributed by atoms with van der Waals surface area (Å²) >= 11 is 1.78. The maximum absolute atomic E-state index is 13.6. The highest BCUT2D eigenvalue weighted by Gasteiger charge is 2.15. The van der Waals surface area contributed by atoms with Crippen LogP contribution in [0.25, 0.3) is 0 Å². The van der Waals surface area contributed by atoms with Gasteiger partial charge in [0.15, 0.2) is 5.82 Å². The Kier molecular flexibility index (Phi) is 6.62. The van der Waals surface area contributed by atoms with Crippen LogP contribution in [0, 0.1) is 11.6 Å². The van der Waals surface area contributed by atoms with Gasteiger partial charge in [0.1, 0.15) is 5.82 Å². The number of benzene rings is 1. The van der Waals surface area contributed by atoms with Gasteiger partial charge in [-0.05, 0) is 37.0 Å². The lowest BCUT2D eigenvalue weighted by atomic mass is 10.1. The lowest BCUT2D eigenvalue weighted by molar-refractivity contribution is 0.0948. The SMILES string of the molecule is CSCCCCCNC(=O)c1cc(F)cc(N)c1F. The molecule has 0 aliphatic carbocycles. The molecule has 1 aromatic rings. The molecular formula is C13H18F2N2OS. The summed E-state index contributed by atoms with van der Waals surface area (Å²) in [4.78, 5) is 11.7. The summed E-state index contributed by atoms with van der Waals surface area (Å²) in [6.07, 6.45) is 4.94. The number of halogens is 2. The minimum atomic E-state index is -0.874. The van der Waals surface area contributed by atoms with E-state index in [0.29, 0.717) is 6.54 Å². The van der Waals surface area contributed by atoms with Gasteiger partial charge in [0.25, 0.3) is 5.91 Å². The number of amides is 1. The van der Waals surface area contributed by atoms with Crippen LogP contribution in [0.5, 0.6) is 0 Å². The molecule has 0 heterocycles. The van der Waals surface area contributed by atoms with Crippen molar-refractivity contribution in [3.8, 4) is 0 Å². The molecule has 1 aromatic carbocycles. The summed E-state index contributed by atoms with van der Waals surface area (Å²) in [5, 5.41) is 2.56. The lowest BCUT2D eigenvalue weighted by Gasteiger charge is -2.07. The van der Waals surface area contributed by atoms with E-state index in [1.165, 1.54) is 0 Å². The molecule has 0 saturated heterocycles. The molecule has 0 bridgehead atoms. The molecule has 0 aromatic heterocycles. The van der Waals surface area contributed by atoms with Gasteiger partial charge in [-0.15, -0.1) is 0 Å². The third-order valence-electron chi connectivity index (χ3n) is 2.62. The number of carbonyl (C=O) groups is 1. The van der Waals surface area contributed by atoms with Crippen LogP contribution < -0.4 is 11.1 Å². The molecule has 0 saturated carbocycles. The third-order valence-corrected chi connectivity index (χ3v) is 3.32. The number of anilines is 1. The van der Waals surface area contributed by atoms with E-state index < -0.39 is 17.5 Å². The quantitative estimate of drug-likeness (QED) is 0.599. The molecule has 1 rings (SSSR count). The van der Waals surface area contributed by atoms with Crippen molar-refractivity contribution in [3.05, 3.63) is 29.3 Å². The van der Waals surface area contributed by atoms with Gasteiger partial charge in [0.05, 0.1) is 11.3 Å². The Bertz CT molecular complexity index is 441. The summed E-state index contributed by atoms with van der Waals surface area (Å²) in [6, 6.07) is 1.71. The first-order valence-corrected chi connectivity index (χ1v) is 7.47. The van der Waals surface area contributed by atoms with Gasteiger partial charge in [-0.1, -0.05) is 6.42 Å². The fourth-order valence-corrected chi connectivity index (χ4v) is 2.11. The molecule has 0 atom stereocenters. The zero-order valence-corrected chi connectivity index (χ0v) is 11.7. The average Bonchev–Trinajstić information content (AvgIpc) is 2.37. The van der Waals surface area contributed by atoms with E-state index in [0.717, 1.165) is 37.1 Å². The van der Waals surface area contributed by atoms with Crippen molar-refractivity contribution in [2.45, 2.75) is 19.3 Å². The zero-order chi connectivity index (χ0) is 14.3. The first-order valence-electron chi connectivity index (χ1n) is 6.08. The first-order chi connectivity index (χ1) is 9.06. The van der Waals surface area contributed by atoms with Crippen molar-refractivity contribution in [2.24, 2.45) is 0 Å². The Hall–Kier alpha value is -1.30. The summed E-state index contributed by atoms with van der Waals surface area (Å²) in [5.74, 6) is -1.14. The van der Waals surface area contributed by atoms with Crippen LogP contribution in [0.1, 0.15) is 29.6 Å². The second-order valence-corrected chi connectivity index (χ2v) is 5.15. The van der Waals surface area contributed by atoms with Gasteiger partial charge in [-0.2, -0.15) is 11.8 Å². The number of hydrogen-bond donors (Lipinski definition) is 2. The third kappa shape index (κ3) is 5.06. The maximum atomic E-state index is 13.6. The molecule has 0 unspecified atom stereocenters. The number of nitrogen functional groups attached to an aromatic ring is 1. The zero-order valence-electron chi connectivity index (χ0n) is 10.8. The topological polar surface area (TPSA) is 55.1 Å². The molecular weight excluding hydrogens is 270 g/mol. The highest BCUT2D eigenvalue weighted by atomic mass is 32.2. The average molecular weight is 288 g/mol. The van der Waals surface area contributed by atoms with Gasteiger partial charge in [0, 0.05) is 6.54 Å².